The van der Waals surface area contributed by atoms with Crippen molar-refractivity contribution < 1.29 is 31.1 Å². The molecular formula is C21H18ClF6N3O. The van der Waals surface area contributed by atoms with Crippen LogP contribution < -0.4 is 4.90 Å². The molecule has 1 aliphatic heterocycles. The lowest BCUT2D eigenvalue weighted by Gasteiger charge is -2.36. The first-order valence-corrected chi connectivity index (χ1v) is 10.3. The number of nitrogens with zero attached hydrogens (tertiary/aromatic N) is 3. The topological polar surface area (TPSA) is 36.4 Å². The third kappa shape index (κ3) is 4.51. The van der Waals surface area contributed by atoms with Crippen LogP contribution in [-0.2, 0) is 17.1 Å². The number of carbonyl (C=O) groups is 1. The van der Waals surface area contributed by atoms with E-state index in [1.807, 2.05) is 0 Å². The summed E-state index contributed by atoms with van der Waals surface area (Å²) in [6.07, 6.45) is -7.96. The molecule has 4 rings (SSSR count). The van der Waals surface area contributed by atoms with Gasteiger partial charge in [0.1, 0.15) is 5.82 Å². The van der Waals surface area contributed by atoms with Crippen LogP contribution in [0.25, 0.3) is 0 Å². The van der Waals surface area contributed by atoms with E-state index < -0.39 is 35.3 Å². The lowest BCUT2D eigenvalue weighted by atomic mass is 10.0. The summed E-state index contributed by atoms with van der Waals surface area (Å²) in [4.78, 5) is 19.9. The van der Waals surface area contributed by atoms with E-state index in [0.29, 0.717) is 25.7 Å². The largest absolute Gasteiger partial charge is 0.417 e. The predicted molar refractivity (Wildman–Crippen MR) is 105 cm³/mol. The fourth-order valence-electron chi connectivity index (χ4n) is 4.08. The van der Waals surface area contributed by atoms with Gasteiger partial charge in [-0.15, -0.1) is 0 Å². The Morgan fingerprint density at radius 1 is 1.00 bits per heavy atom. The number of hydrogen-bond donors (Lipinski definition) is 0. The van der Waals surface area contributed by atoms with Gasteiger partial charge in [-0.25, -0.2) is 4.98 Å². The van der Waals surface area contributed by atoms with Crippen LogP contribution in [0.4, 0.5) is 32.2 Å². The van der Waals surface area contributed by atoms with Crippen LogP contribution in [0.1, 0.15) is 29.0 Å². The van der Waals surface area contributed by atoms with Crippen LogP contribution in [0.3, 0.4) is 0 Å². The first kappa shape index (κ1) is 22.7. The van der Waals surface area contributed by atoms with Crippen LogP contribution in [-0.4, -0.2) is 42.0 Å². The normalized spacial score (nSPS) is 21.6. The van der Waals surface area contributed by atoms with Crippen molar-refractivity contribution in [2.24, 2.45) is 5.92 Å². The average molecular weight is 478 g/mol. The molecule has 2 aromatic rings. The highest BCUT2D eigenvalue weighted by Gasteiger charge is 2.49. The monoisotopic (exact) mass is 477 g/mol. The molecule has 32 heavy (non-hydrogen) atoms. The minimum absolute atomic E-state index is 0.134. The Morgan fingerprint density at radius 3 is 2.25 bits per heavy atom. The fourth-order valence-corrected chi connectivity index (χ4v) is 4.37. The fraction of sp³-hybridized carbons (Fsp3) is 0.429. The second kappa shape index (κ2) is 8.13. The molecule has 4 nitrogen and oxygen atoms in total. The summed E-state index contributed by atoms with van der Waals surface area (Å²) in [6, 6.07) is 6.11. The van der Waals surface area contributed by atoms with Gasteiger partial charge in [-0.05, 0) is 30.0 Å². The van der Waals surface area contributed by atoms with Crippen molar-refractivity contribution in [2.45, 2.75) is 24.7 Å². The van der Waals surface area contributed by atoms with E-state index in [4.69, 9.17) is 11.6 Å². The molecule has 0 bridgehead atoms. The summed E-state index contributed by atoms with van der Waals surface area (Å²) in [5.41, 5.74) is -1.52. The van der Waals surface area contributed by atoms with E-state index in [2.05, 4.69) is 4.98 Å². The number of rotatable bonds is 3. The Kier molecular flexibility index (Phi) is 5.77. The van der Waals surface area contributed by atoms with Crippen molar-refractivity contribution in [3.8, 4) is 0 Å². The van der Waals surface area contributed by atoms with Crippen molar-refractivity contribution in [1.82, 2.24) is 9.88 Å². The molecule has 172 valence electrons. The first-order valence-electron chi connectivity index (χ1n) is 9.89. The summed E-state index contributed by atoms with van der Waals surface area (Å²) < 4.78 is 78.2. The summed E-state index contributed by atoms with van der Waals surface area (Å²) in [7, 11) is 0. The number of halogens is 7. The molecule has 1 saturated carbocycles. The van der Waals surface area contributed by atoms with Crippen LogP contribution in [0.5, 0.6) is 0 Å². The smallest absolute Gasteiger partial charge is 0.352 e. The molecule has 0 spiro atoms. The number of anilines is 1. The maximum Gasteiger partial charge on any atom is 0.417 e. The maximum atomic E-state index is 13.3. The number of carbonyl (C=O) groups excluding carboxylic acids is 1. The third-order valence-electron chi connectivity index (χ3n) is 5.81. The second-order valence-corrected chi connectivity index (χ2v) is 8.28. The number of hydrogen-bond acceptors (Lipinski definition) is 3. The molecule has 2 atom stereocenters. The average Bonchev–Trinajstić information content (AvgIpc) is 3.53. The van der Waals surface area contributed by atoms with Crippen molar-refractivity contribution in [3.05, 3.63) is 58.2 Å². The first-order chi connectivity index (χ1) is 15.0. The standard InChI is InChI=1S/C21H18ClF6N3O/c22-17-9-12(20(23,24)25)11-29-18(17)30-5-7-31(8-6-30)19(32)15-10-14(15)13-3-1-2-4-16(13)21(26,27)28/h1-4,9,11,14-15H,5-8,10H2. The molecule has 2 heterocycles. The molecule has 2 aliphatic rings. The SMILES string of the molecule is O=C(C1CC1c1ccccc1C(F)(F)F)N1CCN(c2ncc(C(F)(F)F)cc2Cl)CC1. The lowest BCUT2D eigenvalue weighted by Crippen LogP contribution is -2.49. The molecule has 1 amide bonds. The minimum atomic E-state index is -4.55. The highest BCUT2D eigenvalue weighted by atomic mass is 35.5. The van der Waals surface area contributed by atoms with E-state index in [1.54, 1.807) is 9.80 Å². The molecule has 0 N–H and O–H groups in total. The van der Waals surface area contributed by atoms with Gasteiger partial charge in [0.25, 0.3) is 0 Å². The number of aromatic nitrogens is 1. The Labute approximate surface area is 184 Å². The van der Waals surface area contributed by atoms with Crippen LogP contribution in [0.2, 0.25) is 5.02 Å². The van der Waals surface area contributed by atoms with Crippen LogP contribution >= 0.6 is 11.6 Å². The summed E-state index contributed by atoms with van der Waals surface area (Å²) in [6.45, 7) is 1.17. The van der Waals surface area contributed by atoms with Gasteiger partial charge >= 0.3 is 12.4 Å². The van der Waals surface area contributed by atoms with Gasteiger partial charge in [-0.2, -0.15) is 26.3 Å². The van der Waals surface area contributed by atoms with Crippen molar-refractivity contribution in [3.63, 3.8) is 0 Å². The number of amides is 1. The predicted octanol–water partition coefficient (Wildman–Crippen LogP) is 5.22. The zero-order chi connectivity index (χ0) is 23.3. The van der Waals surface area contributed by atoms with Gasteiger partial charge in [0.2, 0.25) is 5.91 Å². The van der Waals surface area contributed by atoms with Crippen molar-refractivity contribution in [2.75, 3.05) is 31.1 Å². The maximum absolute atomic E-state index is 13.3. The third-order valence-corrected chi connectivity index (χ3v) is 6.09. The summed E-state index contributed by atoms with van der Waals surface area (Å²) in [5.74, 6) is -0.976. The van der Waals surface area contributed by atoms with E-state index in [1.165, 1.54) is 18.2 Å². The zero-order valence-corrected chi connectivity index (χ0v) is 17.3. The molecular weight excluding hydrogens is 460 g/mol. The van der Waals surface area contributed by atoms with Gasteiger partial charge in [0.05, 0.1) is 16.1 Å². The Hall–Kier alpha value is -2.49. The summed E-state index contributed by atoms with van der Waals surface area (Å²) >= 11 is 5.99. The van der Waals surface area contributed by atoms with E-state index >= 15 is 0 Å². The molecule has 0 radical (unpaired) electrons. The molecule has 1 saturated heterocycles. The van der Waals surface area contributed by atoms with E-state index in [9.17, 15) is 31.1 Å². The molecule has 1 aromatic carbocycles. The highest BCUT2D eigenvalue weighted by Crippen LogP contribution is 2.51. The molecule has 11 heteroatoms. The van der Waals surface area contributed by atoms with E-state index in [-0.39, 0.29) is 35.4 Å². The quantitative estimate of drug-likeness (QED) is 0.568. The van der Waals surface area contributed by atoms with Gasteiger partial charge in [0, 0.05) is 38.3 Å². The van der Waals surface area contributed by atoms with Crippen molar-refractivity contribution in [1.29, 1.82) is 0 Å². The number of alkyl halides is 6. The van der Waals surface area contributed by atoms with E-state index in [0.717, 1.165) is 12.1 Å². The lowest BCUT2D eigenvalue weighted by molar-refractivity contribution is -0.139. The Bertz CT molecular complexity index is 1020. The minimum Gasteiger partial charge on any atom is -0.352 e. The number of pyridine rings is 1. The molecule has 1 aliphatic carbocycles. The zero-order valence-electron chi connectivity index (χ0n) is 16.5. The van der Waals surface area contributed by atoms with Gasteiger partial charge in [-0.1, -0.05) is 29.8 Å². The highest BCUT2D eigenvalue weighted by molar-refractivity contribution is 6.33. The van der Waals surface area contributed by atoms with Gasteiger partial charge in [-0.3, -0.25) is 4.79 Å². The van der Waals surface area contributed by atoms with Gasteiger partial charge in [0.15, 0.2) is 0 Å². The van der Waals surface area contributed by atoms with Crippen LogP contribution in [0.15, 0.2) is 36.5 Å². The molecule has 2 fully saturated rings. The summed E-state index contributed by atoms with van der Waals surface area (Å²) in [5, 5.41) is -0.134. The number of benzene rings is 1. The molecule has 1 aromatic heterocycles. The second-order valence-electron chi connectivity index (χ2n) is 7.87. The number of piperazine rings is 1. The molecule has 2 unspecified atom stereocenters. The Balaban J connectivity index is 1.39. The van der Waals surface area contributed by atoms with Gasteiger partial charge < -0.3 is 9.80 Å². The van der Waals surface area contributed by atoms with Crippen molar-refractivity contribution >= 4 is 23.3 Å². The Morgan fingerprint density at radius 2 is 1.66 bits per heavy atom. The van der Waals surface area contributed by atoms with Crippen LogP contribution in [0, 0.1) is 5.92 Å².